The van der Waals surface area contributed by atoms with E-state index in [1.54, 1.807) is 6.07 Å². The molecule has 2 rings (SSSR count). The molecule has 0 saturated heterocycles. The lowest BCUT2D eigenvalue weighted by Gasteiger charge is -2.27. The molecule has 1 aromatic carbocycles. The molecule has 2 atom stereocenters. The van der Waals surface area contributed by atoms with Crippen LogP contribution in [0.3, 0.4) is 0 Å². The third-order valence-corrected chi connectivity index (χ3v) is 2.58. The van der Waals surface area contributed by atoms with Gasteiger partial charge in [-0.1, -0.05) is 6.07 Å². The SMILES string of the molecule is N[C@@H]1CCc2cc(F)ccc2[C@@H]1O. The molecule has 13 heavy (non-hydrogen) atoms. The van der Waals surface area contributed by atoms with E-state index in [0.29, 0.717) is 0 Å². The van der Waals surface area contributed by atoms with E-state index in [9.17, 15) is 9.50 Å². The van der Waals surface area contributed by atoms with Gasteiger partial charge in [-0.3, -0.25) is 0 Å². The van der Waals surface area contributed by atoms with Crippen LogP contribution in [0.2, 0.25) is 0 Å². The molecule has 0 aliphatic heterocycles. The van der Waals surface area contributed by atoms with Gasteiger partial charge in [0.2, 0.25) is 0 Å². The number of hydrogen-bond donors (Lipinski definition) is 2. The zero-order chi connectivity index (χ0) is 9.42. The smallest absolute Gasteiger partial charge is 0.123 e. The fraction of sp³-hybridized carbons (Fsp3) is 0.400. The first kappa shape index (κ1) is 8.66. The molecule has 2 nitrogen and oxygen atoms in total. The Bertz CT molecular complexity index is 327. The van der Waals surface area contributed by atoms with E-state index in [-0.39, 0.29) is 11.9 Å². The van der Waals surface area contributed by atoms with Crippen molar-refractivity contribution in [3.05, 3.63) is 35.1 Å². The molecule has 1 aliphatic rings. The quantitative estimate of drug-likeness (QED) is 0.630. The maximum absolute atomic E-state index is 12.8. The number of benzene rings is 1. The number of halogens is 1. The van der Waals surface area contributed by atoms with Gasteiger partial charge in [-0.25, -0.2) is 4.39 Å². The van der Waals surface area contributed by atoms with Crippen molar-refractivity contribution in [3.63, 3.8) is 0 Å². The number of aliphatic hydroxyl groups is 1. The zero-order valence-electron chi connectivity index (χ0n) is 7.20. The van der Waals surface area contributed by atoms with Gasteiger partial charge in [0.15, 0.2) is 0 Å². The van der Waals surface area contributed by atoms with Crippen LogP contribution in [-0.2, 0) is 6.42 Å². The minimum Gasteiger partial charge on any atom is -0.387 e. The van der Waals surface area contributed by atoms with Crippen molar-refractivity contribution >= 4 is 0 Å². The number of nitrogens with two attached hydrogens (primary N) is 1. The molecule has 70 valence electrons. The Kier molecular flexibility index (Phi) is 2.06. The summed E-state index contributed by atoms with van der Waals surface area (Å²) in [5.41, 5.74) is 7.35. The molecule has 0 saturated carbocycles. The summed E-state index contributed by atoms with van der Waals surface area (Å²) >= 11 is 0. The summed E-state index contributed by atoms with van der Waals surface area (Å²) in [4.78, 5) is 0. The van der Waals surface area contributed by atoms with Gasteiger partial charge < -0.3 is 10.8 Å². The minimum atomic E-state index is -0.635. The van der Waals surface area contributed by atoms with Gasteiger partial charge in [0.25, 0.3) is 0 Å². The molecule has 0 bridgehead atoms. The topological polar surface area (TPSA) is 46.2 Å². The molecular formula is C10H12FNO. The maximum Gasteiger partial charge on any atom is 0.123 e. The lowest BCUT2D eigenvalue weighted by atomic mass is 9.86. The van der Waals surface area contributed by atoms with Crippen LogP contribution >= 0.6 is 0 Å². The van der Waals surface area contributed by atoms with Crippen molar-refractivity contribution in [3.8, 4) is 0 Å². The molecular weight excluding hydrogens is 169 g/mol. The third-order valence-electron chi connectivity index (χ3n) is 2.58. The molecule has 0 amide bonds. The van der Waals surface area contributed by atoms with Gasteiger partial charge in [0.05, 0.1) is 6.10 Å². The van der Waals surface area contributed by atoms with Crippen molar-refractivity contribution < 1.29 is 9.50 Å². The average molecular weight is 181 g/mol. The predicted octanol–water partition coefficient (Wildman–Crippen LogP) is 1.13. The van der Waals surface area contributed by atoms with Crippen LogP contribution < -0.4 is 5.73 Å². The van der Waals surface area contributed by atoms with Gasteiger partial charge >= 0.3 is 0 Å². The Balaban J connectivity index is 2.44. The fourth-order valence-electron chi connectivity index (χ4n) is 1.79. The third kappa shape index (κ3) is 1.45. The van der Waals surface area contributed by atoms with Crippen LogP contribution in [-0.4, -0.2) is 11.1 Å². The Morgan fingerprint density at radius 1 is 1.46 bits per heavy atom. The molecule has 1 aliphatic carbocycles. The van der Waals surface area contributed by atoms with E-state index in [1.165, 1.54) is 12.1 Å². The highest BCUT2D eigenvalue weighted by molar-refractivity contribution is 5.33. The van der Waals surface area contributed by atoms with Crippen LogP contribution in [0.5, 0.6) is 0 Å². The zero-order valence-corrected chi connectivity index (χ0v) is 7.20. The van der Waals surface area contributed by atoms with E-state index in [0.717, 1.165) is 24.0 Å². The lowest BCUT2D eigenvalue weighted by Crippen LogP contribution is -2.32. The second-order valence-electron chi connectivity index (χ2n) is 3.49. The van der Waals surface area contributed by atoms with Crippen molar-refractivity contribution in [1.82, 2.24) is 0 Å². The summed E-state index contributed by atoms with van der Waals surface area (Å²) in [5.74, 6) is -0.249. The number of aliphatic hydroxyl groups excluding tert-OH is 1. The van der Waals surface area contributed by atoms with Gasteiger partial charge in [-0.15, -0.1) is 0 Å². The molecule has 0 fully saturated rings. The molecule has 3 N–H and O–H groups in total. The average Bonchev–Trinajstić information content (AvgIpc) is 2.12. The molecule has 3 heteroatoms. The molecule has 1 aromatic rings. The van der Waals surface area contributed by atoms with Gasteiger partial charge in [0.1, 0.15) is 5.82 Å². The second-order valence-corrected chi connectivity index (χ2v) is 3.49. The number of aryl methyl sites for hydroxylation is 1. The van der Waals surface area contributed by atoms with Gasteiger partial charge in [-0.05, 0) is 36.1 Å². The Labute approximate surface area is 76.2 Å². The summed E-state index contributed by atoms with van der Waals surface area (Å²) in [7, 11) is 0. The highest BCUT2D eigenvalue weighted by Gasteiger charge is 2.24. The molecule has 0 heterocycles. The highest BCUT2D eigenvalue weighted by Crippen LogP contribution is 2.29. The Morgan fingerprint density at radius 3 is 3.00 bits per heavy atom. The number of rotatable bonds is 0. The predicted molar refractivity (Wildman–Crippen MR) is 47.7 cm³/mol. The largest absolute Gasteiger partial charge is 0.387 e. The summed E-state index contributed by atoms with van der Waals surface area (Å²) in [5, 5.41) is 9.67. The van der Waals surface area contributed by atoms with E-state index < -0.39 is 6.10 Å². The van der Waals surface area contributed by atoms with Crippen LogP contribution in [0.15, 0.2) is 18.2 Å². The van der Waals surface area contributed by atoms with Crippen LogP contribution in [0.25, 0.3) is 0 Å². The first-order valence-electron chi connectivity index (χ1n) is 4.40. The second kappa shape index (κ2) is 3.09. The van der Waals surface area contributed by atoms with E-state index >= 15 is 0 Å². The van der Waals surface area contributed by atoms with E-state index in [2.05, 4.69) is 0 Å². The monoisotopic (exact) mass is 181 g/mol. The van der Waals surface area contributed by atoms with Gasteiger partial charge in [0, 0.05) is 6.04 Å². The summed E-state index contributed by atoms with van der Waals surface area (Å²) < 4.78 is 12.8. The van der Waals surface area contributed by atoms with E-state index in [1.807, 2.05) is 0 Å². The Hall–Kier alpha value is -0.930. The van der Waals surface area contributed by atoms with Crippen molar-refractivity contribution in [2.45, 2.75) is 25.0 Å². The van der Waals surface area contributed by atoms with Crippen LogP contribution in [0, 0.1) is 5.82 Å². The molecule has 0 aromatic heterocycles. The minimum absolute atomic E-state index is 0.210. The summed E-state index contributed by atoms with van der Waals surface area (Å²) in [6, 6.07) is 4.25. The molecule has 0 radical (unpaired) electrons. The lowest BCUT2D eigenvalue weighted by molar-refractivity contribution is 0.133. The summed E-state index contributed by atoms with van der Waals surface area (Å²) in [6.07, 6.45) is 0.840. The van der Waals surface area contributed by atoms with Crippen molar-refractivity contribution in [2.75, 3.05) is 0 Å². The maximum atomic E-state index is 12.8. The molecule has 0 unspecified atom stereocenters. The number of fused-ring (bicyclic) bond motifs is 1. The van der Waals surface area contributed by atoms with Crippen LogP contribution in [0.4, 0.5) is 4.39 Å². The molecule has 0 spiro atoms. The van der Waals surface area contributed by atoms with Gasteiger partial charge in [-0.2, -0.15) is 0 Å². The summed E-state index contributed by atoms with van der Waals surface area (Å²) in [6.45, 7) is 0. The van der Waals surface area contributed by atoms with E-state index in [4.69, 9.17) is 5.73 Å². The van der Waals surface area contributed by atoms with Crippen LogP contribution in [0.1, 0.15) is 23.7 Å². The first-order chi connectivity index (χ1) is 6.18. The first-order valence-corrected chi connectivity index (χ1v) is 4.40. The normalized spacial score (nSPS) is 27.0. The fourth-order valence-corrected chi connectivity index (χ4v) is 1.79. The standard InChI is InChI=1S/C10H12FNO/c11-7-2-3-8-6(5-7)1-4-9(12)10(8)13/h2-3,5,9-10,13H,1,4,12H2/t9-,10+/m1/s1. The highest BCUT2D eigenvalue weighted by atomic mass is 19.1. The van der Waals surface area contributed by atoms with Crippen molar-refractivity contribution in [1.29, 1.82) is 0 Å². The number of hydrogen-bond acceptors (Lipinski definition) is 2. The van der Waals surface area contributed by atoms with Crippen molar-refractivity contribution in [2.24, 2.45) is 5.73 Å². The Morgan fingerprint density at radius 2 is 2.23 bits per heavy atom.